The van der Waals surface area contributed by atoms with Gasteiger partial charge in [-0.2, -0.15) is 0 Å². The number of nitrogens with zero attached hydrogens (tertiary/aromatic N) is 1. The molecule has 1 aromatic rings. The first-order valence-electron chi connectivity index (χ1n) is 6.34. The summed E-state index contributed by atoms with van der Waals surface area (Å²) in [5, 5.41) is 18.3. The molecule has 0 saturated carbocycles. The van der Waals surface area contributed by atoms with Gasteiger partial charge in [-0.15, -0.1) is 0 Å². The van der Waals surface area contributed by atoms with Crippen LogP contribution in [-0.2, 0) is 17.6 Å². The van der Waals surface area contributed by atoms with Crippen LogP contribution < -0.4 is 0 Å². The lowest BCUT2D eigenvalue weighted by Crippen LogP contribution is -2.35. The van der Waals surface area contributed by atoms with Gasteiger partial charge in [0.05, 0.1) is 12.5 Å². The number of fused-ring (bicyclic) bond motifs is 1. The van der Waals surface area contributed by atoms with Crippen molar-refractivity contribution in [3.05, 3.63) is 35.4 Å². The summed E-state index contributed by atoms with van der Waals surface area (Å²) in [7, 11) is 0. The Bertz CT molecular complexity index is 392. The standard InChI is InChI=1S/C14H19NO3/c16-13(9-14(17)18)10-15-7-5-11-3-1-2-4-12(11)6-8-15/h1-4,13,16H,5-10H2,(H,17,18). The lowest BCUT2D eigenvalue weighted by molar-refractivity contribution is -0.139. The van der Waals surface area contributed by atoms with Crippen LogP contribution >= 0.6 is 0 Å². The van der Waals surface area contributed by atoms with Gasteiger partial charge in [0.1, 0.15) is 0 Å². The van der Waals surface area contributed by atoms with Crippen LogP contribution in [0, 0.1) is 0 Å². The van der Waals surface area contributed by atoms with Gasteiger partial charge in [-0.3, -0.25) is 4.79 Å². The van der Waals surface area contributed by atoms with E-state index in [-0.39, 0.29) is 6.42 Å². The Morgan fingerprint density at radius 3 is 2.28 bits per heavy atom. The lowest BCUT2D eigenvalue weighted by Gasteiger charge is -2.22. The molecular weight excluding hydrogens is 230 g/mol. The maximum absolute atomic E-state index is 10.5. The van der Waals surface area contributed by atoms with Crippen molar-refractivity contribution in [2.45, 2.75) is 25.4 Å². The molecule has 4 heteroatoms. The predicted octanol–water partition coefficient (Wildman–Crippen LogP) is 0.923. The summed E-state index contributed by atoms with van der Waals surface area (Å²) >= 11 is 0. The van der Waals surface area contributed by atoms with E-state index in [0.29, 0.717) is 6.54 Å². The highest BCUT2D eigenvalue weighted by Crippen LogP contribution is 2.15. The molecule has 1 atom stereocenters. The summed E-state index contributed by atoms with van der Waals surface area (Å²) in [5.41, 5.74) is 2.74. The number of carbonyl (C=O) groups is 1. The zero-order chi connectivity index (χ0) is 13.0. The largest absolute Gasteiger partial charge is 0.481 e. The van der Waals surface area contributed by atoms with Gasteiger partial charge in [-0.1, -0.05) is 24.3 Å². The lowest BCUT2D eigenvalue weighted by atomic mass is 10.0. The van der Waals surface area contributed by atoms with Crippen LogP contribution in [0.25, 0.3) is 0 Å². The summed E-state index contributed by atoms with van der Waals surface area (Å²) < 4.78 is 0. The number of β-amino-alcohol motifs (C(OH)–C–C–N with tert-alkyl or cyclic N) is 1. The molecule has 0 spiro atoms. The van der Waals surface area contributed by atoms with Crippen molar-refractivity contribution in [2.24, 2.45) is 0 Å². The minimum atomic E-state index is -0.944. The minimum Gasteiger partial charge on any atom is -0.481 e. The summed E-state index contributed by atoms with van der Waals surface area (Å²) in [6, 6.07) is 8.39. The van der Waals surface area contributed by atoms with Crippen LogP contribution in [0.2, 0.25) is 0 Å². The molecule has 1 aliphatic rings. The van der Waals surface area contributed by atoms with Gasteiger partial charge in [0.15, 0.2) is 0 Å². The van der Waals surface area contributed by atoms with Crippen molar-refractivity contribution in [2.75, 3.05) is 19.6 Å². The van der Waals surface area contributed by atoms with E-state index >= 15 is 0 Å². The zero-order valence-corrected chi connectivity index (χ0v) is 10.4. The smallest absolute Gasteiger partial charge is 0.306 e. The van der Waals surface area contributed by atoms with Crippen LogP contribution in [-0.4, -0.2) is 46.8 Å². The maximum Gasteiger partial charge on any atom is 0.306 e. The normalized spacial score (nSPS) is 17.8. The average molecular weight is 249 g/mol. The highest BCUT2D eigenvalue weighted by atomic mass is 16.4. The Labute approximate surface area is 107 Å². The Hall–Kier alpha value is -1.39. The molecule has 1 aliphatic heterocycles. The van der Waals surface area contributed by atoms with E-state index in [9.17, 15) is 9.90 Å². The van der Waals surface area contributed by atoms with E-state index < -0.39 is 12.1 Å². The molecule has 0 radical (unpaired) electrons. The van der Waals surface area contributed by atoms with E-state index in [1.54, 1.807) is 0 Å². The summed E-state index contributed by atoms with van der Waals surface area (Å²) in [4.78, 5) is 12.7. The second kappa shape index (κ2) is 5.98. The van der Waals surface area contributed by atoms with Crippen molar-refractivity contribution >= 4 is 5.97 Å². The van der Waals surface area contributed by atoms with E-state index in [2.05, 4.69) is 17.0 Å². The molecule has 0 aromatic heterocycles. The summed E-state index contributed by atoms with van der Waals surface area (Å²) in [6.45, 7) is 2.21. The molecule has 1 unspecified atom stereocenters. The van der Waals surface area contributed by atoms with E-state index in [0.717, 1.165) is 25.9 Å². The first-order chi connectivity index (χ1) is 8.65. The number of aliphatic carboxylic acids is 1. The summed E-state index contributed by atoms with van der Waals surface area (Å²) in [5.74, 6) is -0.944. The zero-order valence-electron chi connectivity index (χ0n) is 10.4. The van der Waals surface area contributed by atoms with Crippen LogP contribution in [0.3, 0.4) is 0 Å². The van der Waals surface area contributed by atoms with Crippen LogP contribution in [0.1, 0.15) is 17.5 Å². The fraction of sp³-hybridized carbons (Fsp3) is 0.500. The second-order valence-electron chi connectivity index (χ2n) is 4.82. The number of aliphatic hydroxyl groups is 1. The van der Waals surface area contributed by atoms with Crippen LogP contribution in [0.5, 0.6) is 0 Å². The number of aliphatic hydroxyl groups excluding tert-OH is 1. The van der Waals surface area contributed by atoms with E-state index in [1.807, 2.05) is 12.1 Å². The van der Waals surface area contributed by atoms with Gasteiger partial charge in [0, 0.05) is 19.6 Å². The third-order valence-corrected chi connectivity index (χ3v) is 3.39. The second-order valence-corrected chi connectivity index (χ2v) is 4.82. The number of rotatable bonds is 4. The van der Waals surface area contributed by atoms with Gasteiger partial charge >= 0.3 is 5.97 Å². The molecule has 0 aliphatic carbocycles. The van der Waals surface area contributed by atoms with Crippen molar-refractivity contribution in [3.63, 3.8) is 0 Å². The molecular formula is C14H19NO3. The number of carboxylic acids is 1. The summed E-state index contributed by atoms with van der Waals surface area (Å²) in [6.07, 6.45) is 0.985. The highest BCUT2D eigenvalue weighted by Gasteiger charge is 2.17. The van der Waals surface area contributed by atoms with Gasteiger partial charge in [0.25, 0.3) is 0 Å². The molecule has 2 rings (SSSR count). The SMILES string of the molecule is O=C(O)CC(O)CN1CCc2ccccc2CC1. The topological polar surface area (TPSA) is 60.8 Å². The molecule has 0 amide bonds. The van der Waals surface area contributed by atoms with Crippen LogP contribution in [0.15, 0.2) is 24.3 Å². The van der Waals surface area contributed by atoms with Gasteiger partial charge in [-0.25, -0.2) is 0 Å². The van der Waals surface area contributed by atoms with Crippen molar-refractivity contribution in [1.29, 1.82) is 0 Å². The fourth-order valence-electron chi connectivity index (χ4n) is 2.46. The third-order valence-electron chi connectivity index (χ3n) is 3.39. The van der Waals surface area contributed by atoms with Crippen molar-refractivity contribution in [3.8, 4) is 0 Å². The van der Waals surface area contributed by atoms with Crippen molar-refractivity contribution < 1.29 is 15.0 Å². The Morgan fingerprint density at radius 2 is 1.78 bits per heavy atom. The fourth-order valence-corrected chi connectivity index (χ4v) is 2.46. The van der Waals surface area contributed by atoms with Gasteiger partial charge in [0.2, 0.25) is 0 Å². The van der Waals surface area contributed by atoms with Gasteiger partial charge in [-0.05, 0) is 24.0 Å². The highest BCUT2D eigenvalue weighted by molar-refractivity contribution is 5.67. The number of benzene rings is 1. The molecule has 98 valence electrons. The Kier molecular flexibility index (Phi) is 4.33. The number of hydrogen-bond donors (Lipinski definition) is 2. The molecule has 0 bridgehead atoms. The maximum atomic E-state index is 10.5. The molecule has 1 heterocycles. The molecule has 2 N–H and O–H groups in total. The number of hydrogen-bond acceptors (Lipinski definition) is 3. The first-order valence-corrected chi connectivity index (χ1v) is 6.34. The molecule has 1 aromatic carbocycles. The third kappa shape index (κ3) is 3.55. The van der Waals surface area contributed by atoms with Gasteiger partial charge < -0.3 is 15.1 Å². The molecule has 0 fully saturated rings. The molecule has 0 saturated heterocycles. The first kappa shape index (κ1) is 13.1. The monoisotopic (exact) mass is 249 g/mol. The minimum absolute atomic E-state index is 0.177. The van der Waals surface area contributed by atoms with Crippen molar-refractivity contribution in [1.82, 2.24) is 4.90 Å². The van der Waals surface area contributed by atoms with E-state index in [1.165, 1.54) is 11.1 Å². The Balaban J connectivity index is 1.90. The van der Waals surface area contributed by atoms with Crippen LogP contribution in [0.4, 0.5) is 0 Å². The molecule has 18 heavy (non-hydrogen) atoms. The molecule has 4 nitrogen and oxygen atoms in total. The average Bonchev–Trinajstić information content (AvgIpc) is 2.51. The number of carboxylic acid groups (broad SMARTS) is 1. The predicted molar refractivity (Wildman–Crippen MR) is 68.5 cm³/mol. The quantitative estimate of drug-likeness (QED) is 0.833. The Morgan fingerprint density at radius 1 is 1.22 bits per heavy atom. The van der Waals surface area contributed by atoms with E-state index in [4.69, 9.17) is 5.11 Å².